The first-order valence-electron chi connectivity index (χ1n) is 5.66. The van der Waals surface area contributed by atoms with Crippen molar-refractivity contribution in [2.75, 3.05) is 11.9 Å². The summed E-state index contributed by atoms with van der Waals surface area (Å²) in [5.41, 5.74) is -0.513. The maximum Gasteiger partial charge on any atom is 0.319 e. The molecule has 3 N–H and O–H groups in total. The molecule has 0 atom stereocenters. The van der Waals surface area contributed by atoms with Crippen LogP contribution in [0.15, 0.2) is 22.7 Å². The Morgan fingerprint density at radius 2 is 2.11 bits per heavy atom. The molecule has 7 heteroatoms. The van der Waals surface area contributed by atoms with Gasteiger partial charge in [-0.2, -0.15) is 0 Å². The third-order valence-electron chi connectivity index (χ3n) is 3.07. The van der Waals surface area contributed by atoms with Gasteiger partial charge in [0.2, 0.25) is 0 Å². The minimum absolute atomic E-state index is 0.0766. The van der Waals surface area contributed by atoms with Crippen molar-refractivity contribution < 1.29 is 19.1 Å². The summed E-state index contributed by atoms with van der Waals surface area (Å²) in [6.07, 6.45) is 1.13. The Morgan fingerprint density at radius 1 is 1.42 bits per heavy atom. The van der Waals surface area contributed by atoms with Crippen molar-refractivity contribution in [2.45, 2.75) is 12.8 Å². The number of carbonyl (C=O) groups is 2. The molecule has 0 aliphatic heterocycles. The van der Waals surface area contributed by atoms with E-state index in [0.29, 0.717) is 23.0 Å². The van der Waals surface area contributed by atoms with Crippen LogP contribution in [0.2, 0.25) is 0 Å². The quantitative estimate of drug-likeness (QED) is 0.793. The molecule has 0 saturated heterocycles. The molecule has 0 spiro atoms. The fourth-order valence-corrected chi connectivity index (χ4v) is 1.86. The number of halogens is 2. The van der Waals surface area contributed by atoms with Gasteiger partial charge in [0.1, 0.15) is 5.82 Å². The van der Waals surface area contributed by atoms with Gasteiger partial charge in [-0.05, 0) is 47.0 Å². The van der Waals surface area contributed by atoms with Gasteiger partial charge in [-0.3, -0.25) is 4.79 Å². The van der Waals surface area contributed by atoms with E-state index in [1.807, 2.05) is 0 Å². The molecule has 0 aromatic heterocycles. The zero-order valence-corrected chi connectivity index (χ0v) is 11.5. The highest BCUT2D eigenvalue weighted by Crippen LogP contribution is 2.45. The van der Waals surface area contributed by atoms with Crippen molar-refractivity contribution in [3.63, 3.8) is 0 Å². The molecule has 1 aromatic carbocycles. The Balaban J connectivity index is 1.88. The normalized spacial score (nSPS) is 15.7. The molecule has 1 aromatic rings. The number of urea groups is 1. The van der Waals surface area contributed by atoms with Crippen molar-refractivity contribution in [1.29, 1.82) is 0 Å². The van der Waals surface area contributed by atoms with Gasteiger partial charge in [0.25, 0.3) is 0 Å². The number of amides is 2. The molecule has 19 heavy (non-hydrogen) atoms. The largest absolute Gasteiger partial charge is 0.481 e. The van der Waals surface area contributed by atoms with Crippen LogP contribution in [-0.4, -0.2) is 23.7 Å². The number of hydrogen-bond donors (Lipinski definition) is 3. The van der Waals surface area contributed by atoms with E-state index in [1.54, 1.807) is 0 Å². The second kappa shape index (κ2) is 5.16. The lowest BCUT2D eigenvalue weighted by atomic mass is 10.1. The second-order valence-corrected chi connectivity index (χ2v) is 5.38. The number of aliphatic carboxylic acids is 1. The summed E-state index contributed by atoms with van der Waals surface area (Å²) in [7, 11) is 0. The Hall–Kier alpha value is -1.63. The number of rotatable bonds is 4. The molecule has 1 fully saturated rings. The minimum Gasteiger partial charge on any atom is -0.481 e. The zero-order valence-electron chi connectivity index (χ0n) is 9.87. The first-order valence-corrected chi connectivity index (χ1v) is 6.46. The molecule has 1 aliphatic carbocycles. The van der Waals surface area contributed by atoms with E-state index in [9.17, 15) is 14.0 Å². The van der Waals surface area contributed by atoms with Crippen molar-refractivity contribution in [2.24, 2.45) is 5.41 Å². The van der Waals surface area contributed by atoms with E-state index < -0.39 is 23.2 Å². The Bertz CT molecular complexity index is 532. The predicted octanol–water partition coefficient (Wildman–Crippen LogP) is 2.57. The monoisotopic (exact) mass is 330 g/mol. The van der Waals surface area contributed by atoms with E-state index in [4.69, 9.17) is 5.11 Å². The third kappa shape index (κ3) is 3.23. The topological polar surface area (TPSA) is 78.4 Å². The number of nitrogens with one attached hydrogen (secondary N) is 2. The molecule has 1 saturated carbocycles. The molecular weight excluding hydrogens is 319 g/mol. The number of benzene rings is 1. The smallest absolute Gasteiger partial charge is 0.319 e. The molecule has 0 bridgehead atoms. The highest BCUT2D eigenvalue weighted by Gasteiger charge is 2.50. The van der Waals surface area contributed by atoms with Crippen molar-refractivity contribution in [3.8, 4) is 0 Å². The average Bonchev–Trinajstić information content (AvgIpc) is 3.13. The zero-order chi connectivity index (χ0) is 14.0. The van der Waals surface area contributed by atoms with E-state index in [0.717, 1.165) is 0 Å². The predicted molar refractivity (Wildman–Crippen MR) is 70.4 cm³/mol. The number of carboxylic acids is 1. The highest BCUT2D eigenvalue weighted by molar-refractivity contribution is 9.10. The first-order chi connectivity index (χ1) is 8.93. The van der Waals surface area contributed by atoms with Crippen LogP contribution in [0.1, 0.15) is 12.8 Å². The van der Waals surface area contributed by atoms with Gasteiger partial charge >= 0.3 is 12.0 Å². The summed E-state index contributed by atoms with van der Waals surface area (Å²) >= 11 is 3.01. The van der Waals surface area contributed by atoms with Crippen LogP contribution >= 0.6 is 15.9 Å². The average molecular weight is 331 g/mol. The summed E-state index contributed by atoms with van der Waals surface area (Å²) in [6.45, 7) is 0.0766. The standard InChI is InChI=1S/C12H12BrFN2O3/c13-8-2-1-7(5-9(8)14)16-11(19)15-6-12(3-4-12)10(17)18/h1-2,5H,3-4,6H2,(H,17,18)(H2,15,16,19). The van der Waals surface area contributed by atoms with Crippen LogP contribution in [-0.2, 0) is 4.79 Å². The van der Waals surface area contributed by atoms with Gasteiger partial charge in [0.05, 0.1) is 9.89 Å². The molecule has 102 valence electrons. The Labute approximate surface area is 117 Å². The SMILES string of the molecule is O=C(NCC1(C(=O)O)CC1)Nc1ccc(Br)c(F)c1. The lowest BCUT2D eigenvalue weighted by Gasteiger charge is -2.12. The molecule has 0 radical (unpaired) electrons. The van der Waals surface area contributed by atoms with Crippen molar-refractivity contribution >= 4 is 33.6 Å². The van der Waals surface area contributed by atoms with E-state index in [-0.39, 0.29) is 6.54 Å². The second-order valence-electron chi connectivity index (χ2n) is 4.52. The van der Waals surface area contributed by atoms with Gasteiger partial charge in [0, 0.05) is 12.2 Å². The molecular formula is C12H12BrFN2O3. The molecule has 2 amide bonds. The molecule has 0 unspecified atom stereocenters. The third-order valence-corrected chi connectivity index (χ3v) is 3.72. The Morgan fingerprint density at radius 3 is 2.63 bits per heavy atom. The maximum absolute atomic E-state index is 13.2. The Kier molecular flexibility index (Phi) is 3.75. The van der Waals surface area contributed by atoms with Crippen molar-refractivity contribution in [3.05, 3.63) is 28.5 Å². The van der Waals surface area contributed by atoms with Crippen LogP contribution in [0.5, 0.6) is 0 Å². The van der Waals surface area contributed by atoms with Crippen molar-refractivity contribution in [1.82, 2.24) is 5.32 Å². The van der Waals surface area contributed by atoms with Gasteiger partial charge in [-0.15, -0.1) is 0 Å². The summed E-state index contributed by atoms with van der Waals surface area (Å²) < 4.78 is 13.5. The number of anilines is 1. The maximum atomic E-state index is 13.2. The fraction of sp³-hybridized carbons (Fsp3) is 0.333. The van der Waals surface area contributed by atoms with Gasteiger partial charge < -0.3 is 15.7 Å². The first kappa shape index (κ1) is 13.8. The van der Waals surface area contributed by atoms with Crippen LogP contribution in [0, 0.1) is 11.2 Å². The molecule has 0 heterocycles. The summed E-state index contributed by atoms with van der Waals surface area (Å²) in [4.78, 5) is 22.5. The number of carboxylic acid groups (broad SMARTS) is 1. The van der Waals surface area contributed by atoms with Gasteiger partial charge in [0.15, 0.2) is 0 Å². The lowest BCUT2D eigenvalue weighted by Crippen LogP contribution is -2.36. The summed E-state index contributed by atoms with van der Waals surface area (Å²) in [5.74, 6) is -1.38. The molecule has 5 nitrogen and oxygen atoms in total. The fourth-order valence-electron chi connectivity index (χ4n) is 1.62. The molecule has 2 rings (SSSR count). The van der Waals surface area contributed by atoms with Crippen LogP contribution in [0.4, 0.5) is 14.9 Å². The van der Waals surface area contributed by atoms with Gasteiger partial charge in [-0.1, -0.05) is 0 Å². The van der Waals surface area contributed by atoms with E-state index in [2.05, 4.69) is 26.6 Å². The summed E-state index contributed by atoms with van der Waals surface area (Å²) in [5, 5.41) is 13.9. The minimum atomic E-state index is -0.900. The van der Waals surface area contributed by atoms with E-state index in [1.165, 1.54) is 18.2 Å². The van der Waals surface area contributed by atoms with Crippen LogP contribution < -0.4 is 10.6 Å². The molecule has 1 aliphatic rings. The van der Waals surface area contributed by atoms with Gasteiger partial charge in [-0.25, -0.2) is 9.18 Å². The highest BCUT2D eigenvalue weighted by atomic mass is 79.9. The van der Waals surface area contributed by atoms with Crippen LogP contribution in [0.3, 0.4) is 0 Å². The van der Waals surface area contributed by atoms with Crippen LogP contribution in [0.25, 0.3) is 0 Å². The summed E-state index contributed by atoms with van der Waals surface area (Å²) in [6, 6.07) is 3.64. The number of carbonyl (C=O) groups excluding carboxylic acids is 1. The number of hydrogen-bond acceptors (Lipinski definition) is 2. The van der Waals surface area contributed by atoms with E-state index >= 15 is 0 Å². The lowest BCUT2D eigenvalue weighted by molar-refractivity contribution is -0.143.